The molecule has 0 radical (unpaired) electrons. The van der Waals surface area contributed by atoms with Crippen molar-refractivity contribution in [3.63, 3.8) is 0 Å². The fourth-order valence-corrected chi connectivity index (χ4v) is 4.71. The number of H-pyrrole nitrogens is 1. The Morgan fingerprint density at radius 3 is 2.82 bits per heavy atom. The van der Waals surface area contributed by atoms with Gasteiger partial charge in [-0.2, -0.15) is 0 Å². The highest BCUT2D eigenvalue weighted by Crippen LogP contribution is 2.23. The van der Waals surface area contributed by atoms with E-state index in [0.717, 1.165) is 0 Å². The molecule has 1 N–H and O–H groups in total. The van der Waals surface area contributed by atoms with Crippen LogP contribution >= 0.6 is 0 Å². The van der Waals surface area contributed by atoms with E-state index in [-0.39, 0.29) is 29.1 Å². The van der Waals surface area contributed by atoms with Crippen molar-refractivity contribution in [2.45, 2.75) is 19.4 Å². The van der Waals surface area contributed by atoms with E-state index in [1.165, 1.54) is 6.07 Å². The highest BCUT2D eigenvalue weighted by molar-refractivity contribution is 7.91. The van der Waals surface area contributed by atoms with Crippen LogP contribution in [0, 0.1) is 5.82 Å². The molecule has 5 nitrogen and oxygen atoms in total. The molecule has 2 heterocycles. The van der Waals surface area contributed by atoms with Gasteiger partial charge in [0.1, 0.15) is 11.5 Å². The van der Waals surface area contributed by atoms with Gasteiger partial charge < -0.3 is 9.88 Å². The number of hydrogen-bond donors (Lipinski definition) is 1. The third-order valence-electron chi connectivity index (χ3n) is 4.09. The smallest absolute Gasteiger partial charge is 0.270 e. The van der Waals surface area contributed by atoms with Gasteiger partial charge in [-0.1, -0.05) is 12.1 Å². The van der Waals surface area contributed by atoms with Crippen molar-refractivity contribution in [2.24, 2.45) is 0 Å². The summed E-state index contributed by atoms with van der Waals surface area (Å²) in [6.45, 7) is 2.23. The second kappa shape index (κ2) is 5.39. The molecule has 22 heavy (non-hydrogen) atoms. The molecule has 0 saturated carbocycles. The Morgan fingerprint density at radius 2 is 2.23 bits per heavy atom. The Hall–Kier alpha value is -1.89. The average molecular weight is 324 g/mol. The molecule has 1 amide bonds. The zero-order valence-electron chi connectivity index (χ0n) is 12.2. The quantitative estimate of drug-likeness (QED) is 0.938. The van der Waals surface area contributed by atoms with Crippen LogP contribution in [-0.2, 0) is 9.84 Å². The fourth-order valence-electron chi connectivity index (χ4n) is 2.98. The van der Waals surface area contributed by atoms with Gasteiger partial charge in [0.2, 0.25) is 0 Å². The lowest BCUT2D eigenvalue weighted by Gasteiger charge is -2.26. The van der Waals surface area contributed by atoms with Crippen molar-refractivity contribution in [2.75, 3.05) is 18.1 Å². The maximum atomic E-state index is 13.7. The maximum Gasteiger partial charge on any atom is 0.270 e. The highest BCUT2D eigenvalue weighted by Gasteiger charge is 2.34. The van der Waals surface area contributed by atoms with Gasteiger partial charge in [-0.15, -0.1) is 0 Å². The number of halogens is 1. The molecule has 1 aromatic heterocycles. The Labute approximate surface area is 128 Å². The number of carbonyl (C=O) groups is 1. The number of benzene rings is 1. The van der Waals surface area contributed by atoms with E-state index in [9.17, 15) is 17.6 Å². The number of aromatic amines is 1. The van der Waals surface area contributed by atoms with E-state index in [1.807, 2.05) is 6.92 Å². The Bertz CT molecular complexity index is 828. The summed E-state index contributed by atoms with van der Waals surface area (Å²) in [7, 11) is -3.06. The van der Waals surface area contributed by atoms with Crippen LogP contribution in [-0.4, -0.2) is 48.3 Å². The van der Waals surface area contributed by atoms with E-state index >= 15 is 0 Å². The molecule has 1 fully saturated rings. The van der Waals surface area contributed by atoms with Crippen LogP contribution in [0.25, 0.3) is 10.9 Å². The summed E-state index contributed by atoms with van der Waals surface area (Å²) in [5.41, 5.74) is 0.576. The first-order valence-electron chi connectivity index (χ1n) is 7.20. The number of aromatic nitrogens is 1. The second-order valence-corrected chi connectivity index (χ2v) is 7.76. The van der Waals surface area contributed by atoms with Crippen LogP contribution in [0.3, 0.4) is 0 Å². The first-order valence-corrected chi connectivity index (χ1v) is 9.02. The van der Waals surface area contributed by atoms with E-state index in [2.05, 4.69) is 4.98 Å². The number of hydrogen-bond acceptors (Lipinski definition) is 3. The van der Waals surface area contributed by atoms with Crippen LogP contribution in [0.15, 0.2) is 24.3 Å². The van der Waals surface area contributed by atoms with Crippen molar-refractivity contribution < 1.29 is 17.6 Å². The first kappa shape index (κ1) is 15.0. The van der Waals surface area contributed by atoms with Crippen molar-refractivity contribution in [3.8, 4) is 0 Å². The number of fused-ring (bicyclic) bond motifs is 1. The number of rotatable bonds is 3. The zero-order valence-corrected chi connectivity index (χ0v) is 13.0. The highest BCUT2D eigenvalue weighted by atomic mass is 32.2. The molecule has 1 aromatic carbocycles. The van der Waals surface area contributed by atoms with Crippen molar-refractivity contribution in [3.05, 3.63) is 35.8 Å². The second-order valence-electron chi connectivity index (χ2n) is 5.54. The zero-order chi connectivity index (χ0) is 15.9. The molecule has 0 aliphatic carbocycles. The molecule has 1 aliphatic heterocycles. The monoisotopic (exact) mass is 324 g/mol. The Morgan fingerprint density at radius 1 is 1.45 bits per heavy atom. The number of amides is 1. The molecule has 0 bridgehead atoms. The minimum Gasteiger partial charge on any atom is -0.348 e. The van der Waals surface area contributed by atoms with Crippen LogP contribution in [0.5, 0.6) is 0 Å². The van der Waals surface area contributed by atoms with Crippen LogP contribution in [0.2, 0.25) is 0 Å². The third kappa shape index (κ3) is 2.61. The SMILES string of the molecule is CCN(C(=O)c1cc2cccc(F)c2[nH]1)C1CCS(=O)(=O)C1. The lowest BCUT2D eigenvalue weighted by atomic mass is 10.2. The van der Waals surface area contributed by atoms with E-state index in [0.29, 0.717) is 23.9 Å². The normalized spacial score (nSPS) is 20.4. The molecule has 1 aliphatic rings. The van der Waals surface area contributed by atoms with Gasteiger partial charge in [-0.3, -0.25) is 4.79 Å². The summed E-state index contributed by atoms with van der Waals surface area (Å²) >= 11 is 0. The van der Waals surface area contributed by atoms with Gasteiger partial charge in [0.25, 0.3) is 5.91 Å². The molecule has 1 unspecified atom stereocenters. The Kier molecular flexibility index (Phi) is 3.68. The minimum absolute atomic E-state index is 0.00116. The van der Waals surface area contributed by atoms with Gasteiger partial charge in [0.05, 0.1) is 17.0 Å². The number of para-hydroxylation sites is 1. The summed E-state index contributed by atoms with van der Waals surface area (Å²) < 4.78 is 36.9. The molecule has 1 atom stereocenters. The maximum absolute atomic E-state index is 13.7. The largest absolute Gasteiger partial charge is 0.348 e. The fraction of sp³-hybridized carbons (Fsp3) is 0.400. The van der Waals surface area contributed by atoms with Crippen molar-refractivity contribution in [1.82, 2.24) is 9.88 Å². The molecular formula is C15H17FN2O3S. The van der Waals surface area contributed by atoms with Crippen molar-refractivity contribution >= 4 is 26.6 Å². The molecule has 1 saturated heterocycles. The van der Waals surface area contributed by atoms with Crippen LogP contribution in [0.1, 0.15) is 23.8 Å². The predicted octanol–water partition coefficient (Wildman–Crippen LogP) is 1.96. The molecule has 118 valence electrons. The molecule has 0 spiro atoms. The lowest BCUT2D eigenvalue weighted by Crippen LogP contribution is -2.41. The number of sulfone groups is 1. The van der Waals surface area contributed by atoms with Gasteiger partial charge in [-0.25, -0.2) is 12.8 Å². The molecular weight excluding hydrogens is 307 g/mol. The van der Waals surface area contributed by atoms with Crippen molar-refractivity contribution in [1.29, 1.82) is 0 Å². The number of carbonyl (C=O) groups excluding carboxylic acids is 1. The summed E-state index contributed by atoms with van der Waals surface area (Å²) in [4.78, 5) is 17.0. The van der Waals surface area contributed by atoms with Gasteiger partial charge in [0.15, 0.2) is 9.84 Å². The summed E-state index contributed by atoms with van der Waals surface area (Å²) in [6.07, 6.45) is 0.455. The molecule has 7 heteroatoms. The summed E-state index contributed by atoms with van der Waals surface area (Å²) in [5, 5.41) is 0.624. The van der Waals surface area contributed by atoms with Gasteiger partial charge in [0, 0.05) is 18.0 Å². The summed E-state index contributed by atoms with van der Waals surface area (Å²) in [6, 6.07) is 5.93. The van der Waals surface area contributed by atoms with Crippen LogP contribution < -0.4 is 0 Å². The average Bonchev–Trinajstić information content (AvgIpc) is 3.04. The van der Waals surface area contributed by atoms with E-state index in [1.54, 1.807) is 23.1 Å². The Balaban J connectivity index is 1.92. The van der Waals surface area contributed by atoms with Crippen LogP contribution in [0.4, 0.5) is 4.39 Å². The lowest BCUT2D eigenvalue weighted by molar-refractivity contribution is 0.0703. The standard InChI is InChI=1S/C15H17FN2O3S/c1-2-18(11-6-7-22(20,21)9-11)15(19)13-8-10-4-3-5-12(16)14(10)17-13/h3-5,8,11,17H,2,6-7,9H2,1H3. The molecule has 2 aromatic rings. The summed E-state index contributed by atoms with van der Waals surface area (Å²) in [5.74, 6) is -0.590. The van der Waals surface area contributed by atoms with E-state index in [4.69, 9.17) is 0 Å². The molecule has 3 rings (SSSR count). The topological polar surface area (TPSA) is 70.2 Å². The van der Waals surface area contributed by atoms with Gasteiger partial charge >= 0.3 is 0 Å². The number of nitrogens with zero attached hydrogens (tertiary/aromatic N) is 1. The van der Waals surface area contributed by atoms with E-state index < -0.39 is 15.7 Å². The first-order chi connectivity index (χ1) is 10.4. The number of nitrogens with one attached hydrogen (secondary N) is 1. The predicted molar refractivity (Wildman–Crippen MR) is 82.0 cm³/mol. The third-order valence-corrected chi connectivity index (χ3v) is 5.84. The van der Waals surface area contributed by atoms with Gasteiger partial charge in [-0.05, 0) is 25.5 Å². The minimum atomic E-state index is -3.06.